The van der Waals surface area contributed by atoms with Gasteiger partial charge in [-0.05, 0) is 25.5 Å². The molecule has 0 bridgehead atoms. The zero-order chi connectivity index (χ0) is 17.1. The molecule has 3 rings (SSSR count). The molecule has 0 aliphatic carbocycles. The van der Waals surface area contributed by atoms with Crippen LogP contribution in [0.2, 0.25) is 0 Å². The molecule has 0 aliphatic heterocycles. The summed E-state index contributed by atoms with van der Waals surface area (Å²) in [6.45, 7) is 5.16. The summed E-state index contributed by atoms with van der Waals surface area (Å²) in [7, 11) is 0. The maximum atomic E-state index is 6.00. The van der Waals surface area contributed by atoms with E-state index in [0.717, 1.165) is 28.7 Å². The average Bonchev–Trinajstić information content (AvgIpc) is 2.59. The van der Waals surface area contributed by atoms with Crippen LogP contribution >= 0.6 is 12.2 Å². The van der Waals surface area contributed by atoms with Crippen molar-refractivity contribution in [1.82, 2.24) is 4.98 Å². The second-order valence-electron chi connectivity index (χ2n) is 6.11. The Bertz CT molecular complexity index is 859. The number of rotatable bonds is 5. The second-order valence-corrected chi connectivity index (χ2v) is 6.55. The van der Waals surface area contributed by atoms with Gasteiger partial charge in [-0.25, -0.2) is 0 Å². The Kier molecular flexibility index (Phi) is 4.76. The van der Waals surface area contributed by atoms with Crippen LogP contribution in [0.3, 0.4) is 0 Å². The topological polar surface area (TPSA) is 42.1 Å². The van der Waals surface area contributed by atoms with E-state index >= 15 is 0 Å². The number of benzene rings is 2. The van der Waals surface area contributed by atoms with Crippen molar-refractivity contribution in [2.45, 2.75) is 26.4 Å². The van der Waals surface area contributed by atoms with E-state index in [1.165, 1.54) is 5.56 Å². The Balaban J connectivity index is 2.19. The van der Waals surface area contributed by atoms with Gasteiger partial charge in [0.15, 0.2) is 0 Å². The maximum Gasteiger partial charge on any atom is 0.107 e. The third kappa shape index (κ3) is 3.24. The van der Waals surface area contributed by atoms with Gasteiger partial charge in [-0.2, -0.15) is 0 Å². The Hall–Kier alpha value is -2.46. The molecule has 1 aromatic heterocycles. The standard InChI is InChI=1S/C20H21N3S/c1-14(2)23(13-15-8-4-3-5-9-15)19-16-10-6-7-11-18(16)22-12-17(19)20(21)24/h3-12,14H,13H2,1-2H3,(H2,21,24). The first-order valence-electron chi connectivity index (χ1n) is 8.06. The molecule has 0 spiro atoms. The van der Waals surface area contributed by atoms with Gasteiger partial charge in [-0.1, -0.05) is 60.7 Å². The molecule has 0 amide bonds. The van der Waals surface area contributed by atoms with Crippen molar-refractivity contribution < 1.29 is 0 Å². The number of fused-ring (bicyclic) bond motifs is 1. The van der Waals surface area contributed by atoms with E-state index in [2.05, 4.69) is 54.1 Å². The lowest BCUT2D eigenvalue weighted by Gasteiger charge is -2.32. The van der Waals surface area contributed by atoms with Crippen molar-refractivity contribution in [3.63, 3.8) is 0 Å². The third-order valence-corrected chi connectivity index (χ3v) is 4.34. The van der Waals surface area contributed by atoms with Crippen LogP contribution in [0.15, 0.2) is 60.8 Å². The van der Waals surface area contributed by atoms with Crippen LogP contribution in [0.4, 0.5) is 5.69 Å². The summed E-state index contributed by atoms with van der Waals surface area (Å²) >= 11 is 5.29. The molecular weight excluding hydrogens is 314 g/mol. The molecule has 0 fully saturated rings. The summed E-state index contributed by atoms with van der Waals surface area (Å²) in [4.78, 5) is 7.24. The van der Waals surface area contributed by atoms with E-state index in [0.29, 0.717) is 11.0 Å². The maximum absolute atomic E-state index is 6.00. The van der Waals surface area contributed by atoms with Crippen molar-refractivity contribution in [3.05, 3.63) is 71.9 Å². The summed E-state index contributed by atoms with van der Waals surface area (Å²) in [5, 5.41) is 1.08. The molecule has 24 heavy (non-hydrogen) atoms. The normalized spacial score (nSPS) is 11.0. The summed E-state index contributed by atoms with van der Waals surface area (Å²) in [6.07, 6.45) is 1.79. The lowest BCUT2D eigenvalue weighted by molar-refractivity contribution is 0.684. The van der Waals surface area contributed by atoms with Gasteiger partial charge in [0.2, 0.25) is 0 Å². The van der Waals surface area contributed by atoms with Crippen LogP contribution in [0.5, 0.6) is 0 Å². The van der Waals surface area contributed by atoms with Gasteiger partial charge in [0, 0.05) is 24.2 Å². The van der Waals surface area contributed by atoms with Gasteiger partial charge in [0.05, 0.1) is 16.8 Å². The van der Waals surface area contributed by atoms with Crippen molar-refractivity contribution in [2.24, 2.45) is 5.73 Å². The lowest BCUT2D eigenvalue weighted by atomic mass is 10.1. The molecule has 0 saturated carbocycles. The number of nitrogens with zero attached hydrogens (tertiary/aromatic N) is 2. The first-order valence-corrected chi connectivity index (χ1v) is 8.47. The van der Waals surface area contributed by atoms with Crippen molar-refractivity contribution >= 4 is 33.8 Å². The van der Waals surface area contributed by atoms with E-state index in [9.17, 15) is 0 Å². The number of anilines is 1. The van der Waals surface area contributed by atoms with E-state index in [4.69, 9.17) is 18.0 Å². The second kappa shape index (κ2) is 6.97. The van der Waals surface area contributed by atoms with Crippen LogP contribution in [-0.2, 0) is 6.54 Å². The van der Waals surface area contributed by atoms with Gasteiger partial charge >= 0.3 is 0 Å². The Morgan fingerprint density at radius 2 is 1.75 bits per heavy atom. The number of nitrogens with two attached hydrogens (primary N) is 1. The van der Waals surface area contributed by atoms with Gasteiger partial charge < -0.3 is 10.6 Å². The van der Waals surface area contributed by atoms with Gasteiger partial charge in [-0.15, -0.1) is 0 Å². The molecule has 2 N–H and O–H groups in total. The molecule has 3 aromatic rings. The van der Waals surface area contributed by atoms with Gasteiger partial charge in [-0.3, -0.25) is 4.98 Å². The Labute approximate surface area is 148 Å². The van der Waals surface area contributed by atoms with E-state index in [1.807, 2.05) is 24.3 Å². The molecule has 0 aliphatic rings. The number of hydrogen-bond acceptors (Lipinski definition) is 3. The number of thiocarbonyl (C=S) groups is 1. The van der Waals surface area contributed by atoms with Crippen molar-refractivity contribution in [2.75, 3.05) is 4.90 Å². The number of hydrogen-bond donors (Lipinski definition) is 1. The van der Waals surface area contributed by atoms with Gasteiger partial charge in [0.25, 0.3) is 0 Å². The first-order chi connectivity index (χ1) is 11.6. The molecule has 2 aromatic carbocycles. The summed E-state index contributed by atoms with van der Waals surface area (Å²) in [5.74, 6) is 0. The lowest BCUT2D eigenvalue weighted by Crippen LogP contribution is -2.32. The smallest absolute Gasteiger partial charge is 0.107 e. The zero-order valence-electron chi connectivity index (χ0n) is 13.9. The Morgan fingerprint density at radius 3 is 2.42 bits per heavy atom. The molecule has 0 saturated heterocycles. The summed E-state index contributed by atoms with van der Waals surface area (Å²) in [6, 6.07) is 18.9. The molecule has 1 heterocycles. The molecule has 0 atom stereocenters. The molecule has 4 heteroatoms. The monoisotopic (exact) mass is 335 g/mol. The highest BCUT2D eigenvalue weighted by molar-refractivity contribution is 7.80. The highest BCUT2D eigenvalue weighted by Gasteiger charge is 2.20. The highest BCUT2D eigenvalue weighted by Crippen LogP contribution is 2.32. The van der Waals surface area contributed by atoms with Crippen LogP contribution in [0.1, 0.15) is 25.0 Å². The van der Waals surface area contributed by atoms with Crippen LogP contribution in [-0.4, -0.2) is 16.0 Å². The average molecular weight is 335 g/mol. The fourth-order valence-corrected chi connectivity index (χ4v) is 3.07. The van der Waals surface area contributed by atoms with Crippen LogP contribution in [0, 0.1) is 0 Å². The number of para-hydroxylation sites is 1. The molecule has 122 valence electrons. The molecule has 0 unspecified atom stereocenters. The summed E-state index contributed by atoms with van der Waals surface area (Å²) in [5.41, 5.74) is 10.1. The molecule has 0 radical (unpaired) electrons. The minimum Gasteiger partial charge on any atom is -0.389 e. The van der Waals surface area contributed by atoms with E-state index < -0.39 is 0 Å². The SMILES string of the molecule is CC(C)N(Cc1ccccc1)c1c(C(N)=S)cnc2ccccc12. The zero-order valence-corrected chi connectivity index (χ0v) is 14.8. The van der Waals surface area contributed by atoms with Crippen molar-refractivity contribution in [3.8, 4) is 0 Å². The number of aromatic nitrogens is 1. The third-order valence-electron chi connectivity index (χ3n) is 4.12. The van der Waals surface area contributed by atoms with Crippen molar-refractivity contribution in [1.29, 1.82) is 0 Å². The fourth-order valence-electron chi connectivity index (χ4n) is 2.92. The fraction of sp³-hybridized carbons (Fsp3) is 0.200. The van der Waals surface area contributed by atoms with Gasteiger partial charge in [0.1, 0.15) is 4.99 Å². The minimum absolute atomic E-state index is 0.295. The Morgan fingerprint density at radius 1 is 1.08 bits per heavy atom. The van der Waals surface area contributed by atoms with Crippen LogP contribution in [0.25, 0.3) is 10.9 Å². The van der Waals surface area contributed by atoms with E-state index in [-0.39, 0.29) is 0 Å². The highest BCUT2D eigenvalue weighted by atomic mass is 32.1. The molecular formula is C20H21N3S. The van der Waals surface area contributed by atoms with E-state index in [1.54, 1.807) is 6.20 Å². The predicted octanol–water partition coefficient (Wildman–Crippen LogP) is 4.28. The largest absolute Gasteiger partial charge is 0.389 e. The quantitative estimate of drug-likeness (QED) is 0.707. The van der Waals surface area contributed by atoms with Crippen LogP contribution < -0.4 is 10.6 Å². The number of pyridine rings is 1. The summed E-state index contributed by atoms with van der Waals surface area (Å²) < 4.78 is 0. The predicted molar refractivity (Wildman–Crippen MR) is 105 cm³/mol. The molecule has 3 nitrogen and oxygen atoms in total. The minimum atomic E-state index is 0.295. The first kappa shape index (κ1) is 16.4.